The molecule has 24 heavy (non-hydrogen) atoms. The van der Waals surface area contributed by atoms with Gasteiger partial charge in [0.2, 0.25) is 0 Å². The van der Waals surface area contributed by atoms with E-state index in [4.69, 9.17) is 9.98 Å². The summed E-state index contributed by atoms with van der Waals surface area (Å²) in [5, 5.41) is 0. The number of nitrogens with zero attached hydrogens (tertiary/aromatic N) is 2. The van der Waals surface area contributed by atoms with Crippen molar-refractivity contribution < 1.29 is 0 Å². The summed E-state index contributed by atoms with van der Waals surface area (Å²) < 4.78 is 2.13. The summed E-state index contributed by atoms with van der Waals surface area (Å²) in [5.74, 6) is 0. The molecule has 0 spiro atoms. The summed E-state index contributed by atoms with van der Waals surface area (Å²) in [5.41, 5.74) is 4.04. The Morgan fingerprint density at radius 3 is 1.17 bits per heavy atom. The Bertz CT molecular complexity index is 726. The Labute approximate surface area is 160 Å². The van der Waals surface area contributed by atoms with Crippen LogP contribution in [0.1, 0.15) is 27.7 Å². The molecule has 124 valence electrons. The van der Waals surface area contributed by atoms with Crippen molar-refractivity contribution in [2.75, 3.05) is 0 Å². The number of halogens is 2. The molecule has 0 radical (unpaired) electrons. The number of hydrogen-bond donors (Lipinski definition) is 0. The number of aliphatic imine (C=N–C) groups is 2. The molecular weight excluding hydrogens is 428 g/mol. The van der Waals surface area contributed by atoms with Crippen LogP contribution < -0.4 is 0 Å². The first-order chi connectivity index (χ1) is 11.2. The van der Waals surface area contributed by atoms with E-state index in [1.54, 1.807) is 0 Å². The van der Waals surface area contributed by atoms with Crippen LogP contribution in [-0.2, 0) is 0 Å². The van der Waals surface area contributed by atoms with E-state index in [9.17, 15) is 0 Å². The second-order valence-corrected chi connectivity index (χ2v) is 8.96. The SMILES string of the molecule is CC1(C)C(=Nc2ccc(Br)cc2)C(C)(C)C1=Nc1ccc(Br)cc1. The van der Waals surface area contributed by atoms with Gasteiger partial charge in [-0.3, -0.25) is 9.98 Å². The van der Waals surface area contributed by atoms with Gasteiger partial charge < -0.3 is 0 Å². The van der Waals surface area contributed by atoms with Crippen molar-refractivity contribution in [1.82, 2.24) is 0 Å². The summed E-state index contributed by atoms with van der Waals surface area (Å²) in [6.07, 6.45) is 0. The van der Waals surface area contributed by atoms with Gasteiger partial charge in [0.25, 0.3) is 0 Å². The van der Waals surface area contributed by atoms with Gasteiger partial charge in [0.15, 0.2) is 0 Å². The lowest BCUT2D eigenvalue weighted by atomic mass is 9.52. The van der Waals surface area contributed by atoms with Crippen molar-refractivity contribution in [3.8, 4) is 0 Å². The average molecular weight is 448 g/mol. The van der Waals surface area contributed by atoms with Crippen LogP contribution in [0.3, 0.4) is 0 Å². The van der Waals surface area contributed by atoms with E-state index in [1.165, 1.54) is 11.4 Å². The van der Waals surface area contributed by atoms with Crippen molar-refractivity contribution in [2.24, 2.45) is 20.8 Å². The number of rotatable bonds is 2. The lowest BCUT2D eigenvalue weighted by Crippen LogP contribution is -2.61. The van der Waals surface area contributed by atoms with E-state index in [0.717, 1.165) is 20.3 Å². The molecule has 0 atom stereocenters. The van der Waals surface area contributed by atoms with Gasteiger partial charge in [0, 0.05) is 31.2 Å². The highest BCUT2D eigenvalue weighted by Gasteiger charge is 2.56. The quantitative estimate of drug-likeness (QED) is 0.468. The van der Waals surface area contributed by atoms with Crippen LogP contribution in [-0.4, -0.2) is 11.4 Å². The summed E-state index contributed by atoms with van der Waals surface area (Å²) in [6.45, 7) is 8.81. The molecule has 1 saturated carbocycles. The zero-order chi connectivity index (χ0) is 17.5. The average Bonchev–Trinajstić information content (AvgIpc) is 2.53. The van der Waals surface area contributed by atoms with Crippen LogP contribution in [0.25, 0.3) is 0 Å². The normalized spacial score (nSPS) is 18.1. The highest BCUT2D eigenvalue weighted by Crippen LogP contribution is 2.50. The minimum absolute atomic E-state index is 0.135. The van der Waals surface area contributed by atoms with Gasteiger partial charge in [-0.15, -0.1) is 0 Å². The molecule has 1 fully saturated rings. The molecule has 1 aliphatic carbocycles. The number of benzene rings is 2. The monoisotopic (exact) mass is 446 g/mol. The second kappa shape index (κ2) is 6.23. The fourth-order valence-electron chi connectivity index (χ4n) is 3.57. The van der Waals surface area contributed by atoms with Crippen LogP contribution in [0.15, 0.2) is 67.5 Å². The molecule has 3 rings (SSSR count). The molecule has 0 saturated heterocycles. The maximum atomic E-state index is 4.92. The third kappa shape index (κ3) is 3.14. The molecular formula is C20H20Br2N2. The van der Waals surface area contributed by atoms with Crippen molar-refractivity contribution in [2.45, 2.75) is 27.7 Å². The zero-order valence-corrected chi connectivity index (χ0v) is 17.4. The standard InChI is InChI=1S/C20H20Br2N2/c1-19(2)17(23-15-9-5-13(21)6-10-15)20(3,4)18(19)24-16-11-7-14(22)8-12-16/h5-12H,1-4H3. The molecule has 4 heteroatoms. The van der Waals surface area contributed by atoms with Gasteiger partial charge in [-0.1, -0.05) is 31.9 Å². The van der Waals surface area contributed by atoms with Crippen LogP contribution in [0, 0.1) is 10.8 Å². The summed E-state index contributed by atoms with van der Waals surface area (Å²) in [6, 6.07) is 16.2. The third-order valence-electron chi connectivity index (χ3n) is 4.50. The first-order valence-corrected chi connectivity index (χ1v) is 9.50. The topological polar surface area (TPSA) is 24.7 Å². The minimum atomic E-state index is -0.135. The van der Waals surface area contributed by atoms with Crippen molar-refractivity contribution in [3.05, 3.63) is 57.5 Å². The van der Waals surface area contributed by atoms with Gasteiger partial charge in [0.1, 0.15) is 0 Å². The first-order valence-electron chi connectivity index (χ1n) is 7.92. The van der Waals surface area contributed by atoms with E-state index < -0.39 is 0 Å². The first kappa shape index (κ1) is 17.6. The molecule has 0 unspecified atom stereocenters. The van der Waals surface area contributed by atoms with Gasteiger partial charge in [-0.2, -0.15) is 0 Å². The summed E-state index contributed by atoms with van der Waals surface area (Å²) >= 11 is 6.94. The van der Waals surface area contributed by atoms with E-state index in [1.807, 2.05) is 48.5 Å². The maximum absolute atomic E-state index is 4.92. The van der Waals surface area contributed by atoms with E-state index in [-0.39, 0.29) is 10.8 Å². The largest absolute Gasteiger partial charge is 0.256 e. The number of hydrogen-bond acceptors (Lipinski definition) is 2. The minimum Gasteiger partial charge on any atom is -0.256 e. The molecule has 0 heterocycles. The highest BCUT2D eigenvalue weighted by molar-refractivity contribution is 9.10. The molecule has 0 aliphatic heterocycles. The van der Waals surface area contributed by atoms with Crippen molar-refractivity contribution >= 4 is 54.7 Å². The highest BCUT2D eigenvalue weighted by atomic mass is 79.9. The molecule has 0 N–H and O–H groups in total. The zero-order valence-electron chi connectivity index (χ0n) is 14.3. The predicted molar refractivity (Wildman–Crippen MR) is 110 cm³/mol. The molecule has 0 bridgehead atoms. The van der Waals surface area contributed by atoms with Gasteiger partial charge in [0.05, 0.1) is 11.4 Å². The van der Waals surface area contributed by atoms with Crippen molar-refractivity contribution in [3.63, 3.8) is 0 Å². The van der Waals surface area contributed by atoms with Crippen LogP contribution in [0.5, 0.6) is 0 Å². The van der Waals surface area contributed by atoms with Crippen LogP contribution in [0.4, 0.5) is 11.4 Å². The molecule has 2 nitrogen and oxygen atoms in total. The van der Waals surface area contributed by atoms with Crippen LogP contribution in [0.2, 0.25) is 0 Å². The Hall–Kier alpha value is -1.26. The maximum Gasteiger partial charge on any atom is 0.0630 e. The smallest absolute Gasteiger partial charge is 0.0630 e. The Morgan fingerprint density at radius 2 is 0.875 bits per heavy atom. The van der Waals surface area contributed by atoms with Crippen LogP contribution >= 0.6 is 31.9 Å². The molecule has 2 aromatic carbocycles. The fraction of sp³-hybridized carbons (Fsp3) is 0.300. The van der Waals surface area contributed by atoms with E-state index in [2.05, 4.69) is 59.6 Å². The van der Waals surface area contributed by atoms with E-state index in [0.29, 0.717) is 0 Å². The van der Waals surface area contributed by atoms with Gasteiger partial charge >= 0.3 is 0 Å². The summed E-state index contributed by atoms with van der Waals surface area (Å²) in [4.78, 5) is 9.85. The fourth-order valence-corrected chi connectivity index (χ4v) is 4.10. The Balaban J connectivity index is 1.98. The molecule has 2 aromatic rings. The predicted octanol–water partition coefficient (Wildman–Crippen LogP) is 7.12. The lowest BCUT2D eigenvalue weighted by molar-refractivity contribution is 0.491. The Kier molecular flexibility index (Phi) is 4.56. The van der Waals surface area contributed by atoms with Crippen molar-refractivity contribution in [1.29, 1.82) is 0 Å². The van der Waals surface area contributed by atoms with Gasteiger partial charge in [-0.25, -0.2) is 0 Å². The Morgan fingerprint density at radius 1 is 0.583 bits per heavy atom. The molecule has 1 aliphatic rings. The van der Waals surface area contributed by atoms with E-state index >= 15 is 0 Å². The molecule has 0 amide bonds. The third-order valence-corrected chi connectivity index (χ3v) is 5.56. The second-order valence-electron chi connectivity index (χ2n) is 7.12. The lowest BCUT2D eigenvalue weighted by Gasteiger charge is -2.52. The summed E-state index contributed by atoms with van der Waals surface area (Å²) in [7, 11) is 0. The van der Waals surface area contributed by atoms with Gasteiger partial charge in [-0.05, 0) is 76.2 Å². The molecule has 0 aromatic heterocycles.